The largest absolute Gasteiger partial charge is 0.495 e. The normalized spacial score (nSPS) is 11.3. The summed E-state index contributed by atoms with van der Waals surface area (Å²) in [6.45, 7) is 4.04. The fourth-order valence-corrected chi connectivity index (χ4v) is 4.94. The molecule has 0 saturated carbocycles. The second-order valence-electron chi connectivity index (χ2n) is 8.21. The number of thioether (sulfide) groups is 1. The summed E-state index contributed by atoms with van der Waals surface area (Å²) < 4.78 is 8.91. The number of aromatic nitrogens is 4. The van der Waals surface area contributed by atoms with Crippen molar-refractivity contribution in [2.45, 2.75) is 25.4 Å². The number of benzene rings is 3. The van der Waals surface area contributed by atoms with E-state index in [1.165, 1.54) is 21.9 Å². The van der Waals surface area contributed by atoms with E-state index >= 15 is 0 Å². The van der Waals surface area contributed by atoms with Gasteiger partial charge in [-0.1, -0.05) is 61.2 Å². The van der Waals surface area contributed by atoms with E-state index in [-0.39, 0.29) is 17.1 Å². The first-order valence-corrected chi connectivity index (χ1v) is 12.3. The van der Waals surface area contributed by atoms with Crippen LogP contribution in [0, 0.1) is 6.92 Å². The van der Waals surface area contributed by atoms with E-state index in [2.05, 4.69) is 17.1 Å². The van der Waals surface area contributed by atoms with Crippen LogP contribution in [0.3, 0.4) is 0 Å². The third-order valence-corrected chi connectivity index (χ3v) is 6.92. The molecule has 0 aliphatic heterocycles. The van der Waals surface area contributed by atoms with Crippen LogP contribution in [-0.2, 0) is 6.42 Å². The Labute approximate surface area is 206 Å². The zero-order valence-electron chi connectivity index (χ0n) is 19.7. The van der Waals surface area contributed by atoms with Crippen LogP contribution in [0.4, 0.5) is 0 Å². The lowest BCUT2D eigenvalue weighted by atomic mass is 10.1. The molecule has 0 aliphatic rings. The molecule has 0 saturated heterocycles. The van der Waals surface area contributed by atoms with Crippen molar-refractivity contribution in [2.24, 2.45) is 0 Å². The van der Waals surface area contributed by atoms with Crippen molar-refractivity contribution in [3.05, 3.63) is 93.8 Å². The lowest BCUT2D eigenvalue weighted by Gasteiger charge is -2.14. The van der Waals surface area contributed by atoms with Crippen LogP contribution in [0.25, 0.3) is 22.4 Å². The zero-order valence-corrected chi connectivity index (χ0v) is 20.5. The number of methoxy groups -OCH3 is 1. The Morgan fingerprint density at radius 2 is 1.80 bits per heavy atom. The highest BCUT2D eigenvalue weighted by Crippen LogP contribution is 2.28. The lowest BCUT2D eigenvalue weighted by Crippen LogP contribution is -2.22. The Morgan fingerprint density at radius 3 is 2.54 bits per heavy atom. The molecule has 8 heteroatoms. The summed E-state index contributed by atoms with van der Waals surface area (Å²) in [7, 11) is 1.57. The first kappa shape index (κ1) is 22.9. The predicted octanol–water partition coefficient (Wildman–Crippen LogP) is 4.89. The van der Waals surface area contributed by atoms with Gasteiger partial charge in [-0.25, -0.2) is 4.57 Å². The maximum absolute atomic E-state index is 13.6. The molecular formula is C27H24N4O3S. The Balaban J connectivity index is 1.63. The van der Waals surface area contributed by atoms with Crippen LogP contribution in [0.1, 0.15) is 28.4 Å². The highest BCUT2D eigenvalue weighted by atomic mass is 32.2. The number of carbonyl (C=O) groups is 1. The van der Waals surface area contributed by atoms with Crippen molar-refractivity contribution in [1.82, 2.24) is 19.2 Å². The maximum Gasteiger partial charge on any atom is 0.267 e. The summed E-state index contributed by atoms with van der Waals surface area (Å²) in [6, 6.07) is 20.7. The number of hydrogen-bond donors (Lipinski definition) is 0. The SMILES string of the molecule is CCc1ccc(C(=O)CSc2nnc3n(-c4cc(C)ccc4OC)c(=O)c4ccccc4n23)cc1. The van der Waals surface area contributed by atoms with Crippen molar-refractivity contribution < 1.29 is 9.53 Å². The van der Waals surface area contributed by atoms with Crippen molar-refractivity contribution in [1.29, 1.82) is 0 Å². The number of carbonyl (C=O) groups excluding carboxylic acids is 1. The van der Waals surface area contributed by atoms with Gasteiger partial charge in [-0.05, 0) is 48.7 Å². The van der Waals surface area contributed by atoms with Crippen LogP contribution in [-0.4, -0.2) is 37.8 Å². The molecule has 5 rings (SSSR count). The minimum Gasteiger partial charge on any atom is -0.495 e. The molecule has 0 N–H and O–H groups in total. The first-order valence-electron chi connectivity index (χ1n) is 11.3. The number of rotatable bonds is 7. The molecule has 0 unspecified atom stereocenters. The molecule has 0 bridgehead atoms. The molecule has 0 amide bonds. The Hall–Kier alpha value is -3.91. The molecule has 2 aromatic heterocycles. The Morgan fingerprint density at radius 1 is 1.03 bits per heavy atom. The molecule has 35 heavy (non-hydrogen) atoms. The van der Waals surface area contributed by atoms with Crippen LogP contribution >= 0.6 is 11.8 Å². The van der Waals surface area contributed by atoms with Gasteiger partial charge >= 0.3 is 0 Å². The molecule has 176 valence electrons. The second kappa shape index (κ2) is 9.38. The number of aryl methyl sites for hydroxylation is 2. The summed E-state index contributed by atoms with van der Waals surface area (Å²) >= 11 is 1.30. The lowest BCUT2D eigenvalue weighted by molar-refractivity contribution is 0.102. The van der Waals surface area contributed by atoms with Gasteiger partial charge in [-0.3, -0.25) is 14.0 Å². The third-order valence-electron chi connectivity index (χ3n) is 5.99. The summed E-state index contributed by atoms with van der Waals surface area (Å²) in [4.78, 5) is 26.5. The third kappa shape index (κ3) is 4.10. The van der Waals surface area contributed by atoms with E-state index in [0.29, 0.717) is 38.8 Å². The zero-order chi connectivity index (χ0) is 24.5. The van der Waals surface area contributed by atoms with Crippen molar-refractivity contribution in [3.63, 3.8) is 0 Å². The minimum atomic E-state index is -0.215. The average molecular weight is 485 g/mol. The van der Waals surface area contributed by atoms with Gasteiger partial charge in [0, 0.05) is 5.56 Å². The first-order chi connectivity index (χ1) is 17.0. The van der Waals surface area contributed by atoms with E-state index in [9.17, 15) is 9.59 Å². The monoisotopic (exact) mass is 484 g/mol. The van der Waals surface area contributed by atoms with Crippen molar-refractivity contribution >= 4 is 34.2 Å². The van der Waals surface area contributed by atoms with Gasteiger partial charge in [0.25, 0.3) is 5.56 Å². The van der Waals surface area contributed by atoms with Gasteiger partial charge in [0.2, 0.25) is 5.78 Å². The van der Waals surface area contributed by atoms with E-state index < -0.39 is 0 Å². The van der Waals surface area contributed by atoms with Gasteiger partial charge in [-0.15, -0.1) is 10.2 Å². The molecule has 2 heterocycles. The fraction of sp³-hybridized carbons (Fsp3) is 0.185. The highest BCUT2D eigenvalue weighted by Gasteiger charge is 2.20. The predicted molar refractivity (Wildman–Crippen MR) is 138 cm³/mol. The number of ether oxygens (including phenoxy) is 1. The number of Topliss-reactive ketones (excluding diaryl/α,β-unsaturated/α-hetero) is 1. The number of hydrogen-bond acceptors (Lipinski definition) is 6. The van der Waals surface area contributed by atoms with E-state index in [1.807, 2.05) is 72.0 Å². The quantitative estimate of drug-likeness (QED) is 0.242. The number of nitrogens with zero attached hydrogens (tertiary/aromatic N) is 4. The standard InChI is InChI=1S/C27H24N4O3S/c1-4-18-10-12-19(13-11-18)23(32)16-35-27-29-28-26-30(22-15-17(2)9-14-24(22)34-3)25(33)20-7-5-6-8-21(20)31(26)27/h5-15H,4,16H2,1-3H3. The smallest absolute Gasteiger partial charge is 0.267 e. The fourth-order valence-electron chi connectivity index (χ4n) is 4.10. The molecule has 7 nitrogen and oxygen atoms in total. The summed E-state index contributed by atoms with van der Waals surface area (Å²) in [5, 5.41) is 9.80. The van der Waals surface area contributed by atoms with Crippen molar-refractivity contribution in [3.8, 4) is 11.4 Å². The van der Waals surface area contributed by atoms with Gasteiger partial charge in [0.1, 0.15) is 5.75 Å². The van der Waals surface area contributed by atoms with Crippen LogP contribution < -0.4 is 10.3 Å². The van der Waals surface area contributed by atoms with Crippen LogP contribution in [0.5, 0.6) is 5.75 Å². The molecule has 0 fully saturated rings. The summed E-state index contributed by atoms with van der Waals surface area (Å²) in [5.41, 5.74) is 3.89. The van der Waals surface area contributed by atoms with E-state index in [4.69, 9.17) is 4.74 Å². The van der Waals surface area contributed by atoms with Gasteiger partial charge < -0.3 is 4.74 Å². The van der Waals surface area contributed by atoms with Gasteiger partial charge in [-0.2, -0.15) is 0 Å². The summed E-state index contributed by atoms with van der Waals surface area (Å²) in [5.74, 6) is 1.12. The number of para-hydroxylation sites is 1. The molecule has 0 atom stereocenters. The topological polar surface area (TPSA) is 78.5 Å². The maximum atomic E-state index is 13.6. The van der Waals surface area contributed by atoms with E-state index in [0.717, 1.165) is 12.0 Å². The van der Waals surface area contributed by atoms with Crippen molar-refractivity contribution in [2.75, 3.05) is 12.9 Å². The molecular weight excluding hydrogens is 460 g/mol. The number of fused-ring (bicyclic) bond motifs is 3. The summed E-state index contributed by atoms with van der Waals surface area (Å²) in [6.07, 6.45) is 0.926. The van der Waals surface area contributed by atoms with Crippen LogP contribution in [0.15, 0.2) is 76.7 Å². The van der Waals surface area contributed by atoms with E-state index in [1.54, 1.807) is 13.2 Å². The molecule has 3 aromatic carbocycles. The Kier molecular flexibility index (Phi) is 6.13. The number of ketones is 1. The highest BCUT2D eigenvalue weighted by molar-refractivity contribution is 7.99. The molecule has 0 radical (unpaired) electrons. The molecule has 5 aromatic rings. The molecule has 0 aliphatic carbocycles. The molecule has 0 spiro atoms. The second-order valence-corrected chi connectivity index (χ2v) is 9.16. The average Bonchev–Trinajstić information content (AvgIpc) is 3.31. The van der Waals surface area contributed by atoms with Gasteiger partial charge in [0.05, 0.1) is 29.5 Å². The van der Waals surface area contributed by atoms with Crippen LogP contribution in [0.2, 0.25) is 0 Å². The van der Waals surface area contributed by atoms with Gasteiger partial charge in [0.15, 0.2) is 10.9 Å². The minimum absolute atomic E-state index is 0.00684. The Bertz CT molecular complexity index is 1620.